The van der Waals surface area contributed by atoms with Gasteiger partial charge in [0.2, 0.25) is 5.91 Å². The highest BCUT2D eigenvalue weighted by Gasteiger charge is 2.54. The minimum atomic E-state index is -4.19. The van der Waals surface area contributed by atoms with Crippen LogP contribution in [0.4, 0.5) is 5.69 Å². The third-order valence-corrected chi connectivity index (χ3v) is 8.24. The van der Waals surface area contributed by atoms with Crippen molar-refractivity contribution in [3.63, 3.8) is 0 Å². The van der Waals surface area contributed by atoms with E-state index in [1.54, 1.807) is 0 Å². The van der Waals surface area contributed by atoms with Gasteiger partial charge in [-0.1, -0.05) is 11.6 Å². The lowest BCUT2D eigenvalue weighted by molar-refractivity contribution is -0.385. The summed E-state index contributed by atoms with van der Waals surface area (Å²) in [5.74, 6) is 1.34. The Bertz CT molecular complexity index is 927. The molecule has 1 amide bonds. The summed E-state index contributed by atoms with van der Waals surface area (Å²) in [6.45, 7) is 1.44. The molecule has 2 N–H and O–H groups in total. The smallest absolute Gasteiger partial charge is 0.275 e. The molecule has 28 heavy (non-hydrogen) atoms. The average Bonchev–Trinajstić information content (AvgIpc) is 2.60. The van der Waals surface area contributed by atoms with E-state index in [0.29, 0.717) is 17.8 Å². The number of sulfonamides is 1. The summed E-state index contributed by atoms with van der Waals surface area (Å²) in [7, 11) is -4.19. The fraction of sp³-hybridized carbons (Fsp3) is 0.611. The second kappa shape index (κ2) is 6.67. The van der Waals surface area contributed by atoms with Crippen molar-refractivity contribution in [2.75, 3.05) is 0 Å². The van der Waals surface area contributed by atoms with Gasteiger partial charge >= 0.3 is 0 Å². The summed E-state index contributed by atoms with van der Waals surface area (Å²) in [4.78, 5) is 25.1. The first-order valence-corrected chi connectivity index (χ1v) is 11.2. The maximum absolute atomic E-state index is 12.9. The first-order valence-electron chi connectivity index (χ1n) is 9.36. The first kappa shape index (κ1) is 19.6. The molecular formula is C18H22ClN3O5S. The van der Waals surface area contributed by atoms with E-state index in [9.17, 15) is 23.3 Å². The maximum atomic E-state index is 12.9. The zero-order valence-electron chi connectivity index (χ0n) is 15.4. The van der Waals surface area contributed by atoms with E-state index in [0.717, 1.165) is 31.4 Å². The molecule has 5 rings (SSSR count). The molecule has 4 bridgehead atoms. The molecule has 10 heteroatoms. The number of nitrogens with zero attached hydrogens (tertiary/aromatic N) is 1. The van der Waals surface area contributed by atoms with Crippen molar-refractivity contribution in [3.05, 3.63) is 32.8 Å². The van der Waals surface area contributed by atoms with Crippen molar-refractivity contribution in [3.8, 4) is 0 Å². The molecule has 0 atom stereocenters. The van der Waals surface area contributed by atoms with Crippen molar-refractivity contribution in [2.24, 2.45) is 23.2 Å². The second-order valence-corrected chi connectivity index (χ2v) is 10.7. The van der Waals surface area contributed by atoms with Gasteiger partial charge < -0.3 is 0 Å². The molecule has 0 radical (unpaired) electrons. The molecule has 1 aromatic rings. The van der Waals surface area contributed by atoms with Gasteiger partial charge in [0.1, 0.15) is 0 Å². The summed E-state index contributed by atoms with van der Waals surface area (Å²) in [6.07, 6.45) is 5.91. The zero-order chi connectivity index (χ0) is 20.3. The molecule has 4 aliphatic rings. The normalized spacial score (nSPS) is 31.0. The average molecular weight is 428 g/mol. The van der Waals surface area contributed by atoms with Crippen molar-refractivity contribution in [2.45, 2.75) is 50.3 Å². The molecule has 4 saturated carbocycles. The van der Waals surface area contributed by atoms with E-state index < -0.39 is 20.4 Å². The molecule has 0 aliphatic heterocycles. The molecule has 152 valence electrons. The number of hydrazine groups is 1. The van der Waals surface area contributed by atoms with Gasteiger partial charge in [0, 0.05) is 11.6 Å². The van der Waals surface area contributed by atoms with E-state index in [2.05, 4.69) is 10.3 Å². The van der Waals surface area contributed by atoms with Gasteiger partial charge in [0.15, 0.2) is 0 Å². The largest absolute Gasteiger partial charge is 0.277 e. The minimum Gasteiger partial charge on any atom is -0.277 e. The summed E-state index contributed by atoms with van der Waals surface area (Å²) >= 11 is 5.96. The number of halogens is 1. The number of hydrogen-bond acceptors (Lipinski definition) is 5. The number of benzene rings is 1. The molecular weight excluding hydrogens is 406 g/mol. The van der Waals surface area contributed by atoms with Crippen molar-refractivity contribution in [1.29, 1.82) is 0 Å². The number of nitrogens with one attached hydrogen (secondary N) is 2. The molecule has 0 unspecified atom stereocenters. The molecule has 8 nitrogen and oxygen atoms in total. The molecule has 0 aromatic heterocycles. The fourth-order valence-corrected chi connectivity index (χ4v) is 6.84. The number of amides is 1. The zero-order valence-corrected chi connectivity index (χ0v) is 17.0. The highest BCUT2D eigenvalue weighted by atomic mass is 35.5. The predicted octanol–water partition coefficient (Wildman–Crippen LogP) is 3.08. The van der Waals surface area contributed by atoms with Crippen LogP contribution in [0.15, 0.2) is 17.0 Å². The molecule has 4 aliphatic carbocycles. The Morgan fingerprint density at radius 3 is 2.21 bits per heavy atom. The van der Waals surface area contributed by atoms with Gasteiger partial charge in [-0.25, -0.2) is 8.42 Å². The van der Waals surface area contributed by atoms with E-state index in [-0.39, 0.29) is 27.1 Å². The first-order chi connectivity index (χ1) is 13.1. The number of carbonyl (C=O) groups excluding carboxylic acids is 1. The van der Waals surface area contributed by atoms with Gasteiger partial charge in [-0.3, -0.25) is 20.3 Å². The molecule has 0 spiro atoms. The Kier molecular flexibility index (Phi) is 4.67. The Hall–Kier alpha value is -1.71. The lowest BCUT2D eigenvalue weighted by atomic mass is 9.49. The van der Waals surface area contributed by atoms with Gasteiger partial charge in [-0.05, 0) is 69.3 Å². The molecule has 0 saturated heterocycles. The second-order valence-electron chi connectivity index (χ2n) is 8.56. The van der Waals surface area contributed by atoms with Crippen LogP contribution in [-0.2, 0) is 14.8 Å². The maximum Gasteiger partial charge on any atom is 0.275 e. The van der Waals surface area contributed by atoms with E-state index in [1.165, 1.54) is 26.2 Å². The Labute approximate surface area is 168 Å². The quantitative estimate of drug-likeness (QED) is 0.552. The predicted molar refractivity (Wildman–Crippen MR) is 102 cm³/mol. The van der Waals surface area contributed by atoms with Crippen molar-refractivity contribution < 1.29 is 18.1 Å². The Morgan fingerprint density at radius 1 is 1.18 bits per heavy atom. The lowest BCUT2D eigenvalue weighted by Crippen LogP contribution is -2.56. The standard InChI is InChI=1S/C18H22ClN3O5S/c1-10-15(19)5-14(6-16(10)22(24)25)28(26,27)21-20-17(23)18-7-11-2-12(8-18)4-13(3-11)9-18/h5-6,11-13,21H,2-4,7-9H2,1H3,(H,20,23). The minimum absolute atomic E-state index is 0.0259. The van der Waals surface area contributed by atoms with Crippen molar-refractivity contribution >= 4 is 33.2 Å². The van der Waals surface area contributed by atoms with Crippen LogP contribution in [0.3, 0.4) is 0 Å². The topological polar surface area (TPSA) is 118 Å². The van der Waals surface area contributed by atoms with Crippen LogP contribution < -0.4 is 10.3 Å². The summed E-state index contributed by atoms with van der Waals surface area (Å²) < 4.78 is 25.2. The van der Waals surface area contributed by atoms with Gasteiger partial charge in [-0.15, -0.1) is 4.83 Å². The van der Waals surface area contributed by atoms with Gasteiger partial charge in [0.05, 0.1) is 20.3 Å². The monoisotopic (exact) mass is 427 g/mol. The van der Waals surface area contributed by atoms with E-state index in [4.69, 9.17) is 11.6 Å². The van der Waals surface area contributed by atoms with E-state index >= 15 is 0 Å². The van der Waals surface area contributed by atoms with Crippen LogP contribution in [0.5, 0.6) is 0 Å². The molecule has 1 aromatic carbocycles. The van der Waals surface area contributed by atoms with Crippen LogP contribution in [0, 0.1) is 40.2 Å². The number of rotatable bonds is 5. The number of hydrogen-bond donors (Lipinski definition) is 2. The fourth-order valence-electron chi connectivity index (χ4n) is 5.68. The highest BCUT2D eigenvalue weighted by Crippen LogP contribution is 2.60. The van der Waals surface area contributed by atoms with Crippen LogP contribution >= 0.6 is 11.6 Å². The van der Waals surface area contributed by atoms with Crippen LogP contribution in [-0.4, -0.2) is 19.2 Å². The van der Waals surface area contributed by atoms with Crippen LogP contribution in [0.1, 0.15) is 44.1 Å². The Morgan fingerprint density at radius 2 is 1.71 bits per heavy atom. The summed E-state index contributed by atoms with van der Waals surface area (Å²) in [6, 6.07) is 2.09. The van der Waals surface area contributed by atoms with Crippen LogP contribution in [0.25, 0.3) is 0 Å². The SMILES string of the molecule is Cc1c(Cl)cc(S(=O)(=O)NNC(=O)C23CC4CC(CC(C4)C2)C3)cc1[N+](=O)[O-]. The van der Waals surface area contributed by atoms with Crippen LogP contribution in [0.2, 0.25) is 5.02 Å². The Balaban J connectivity index is 1.52. The molecule has 0 heterocycles. The number of nitro benzene ring substituents is 1. The van der Waals surface area contributed by atoms with Gasteiger partial charge in [0.25, 0.3) is 15.7 Å². The van der Waals surface area contributed by atoms with E-state index in [1.807, 2.05) is 0 Å². The number of carbonyl (C=O) groups is 1. The summed E-state index contributed by atoms with van der Waals surface area (Å²) in [5, 5.41) is 11.1. The van der Waals surface area contributed by atoms with Gasteiger partial charge in [-0.2, -0.15) is 0 Å². The highest BCUT2D eigenvalue weighted by molar-refractivity contribution is 7.89. The third kappa shape index (κ3) is 3.29. The lowest BCUT2D eigenvalue weighted by Gasteiger charge is -2.55. The van der Waals surface area contributed by atoms with Crippen molar-refractivity contribution in [1.82, 2.24) is 10.3 Å². The third-order valence-electron chi connectivity index (χ3n) is 6.62. The number of nitro groups is 1. The summed E-state index contributed by atoms with van der Waals surface area (Å²) in [5.41, 5.74) is 1.66. The molecule has 4 fully saturated rings.